The first-order valence-corrected chi connectivity index (χ1v) is 7.93. The van der Waals surface area contributed by atoms with Crippen molar-refractivity contribution in [1.82, 2.24) is 9.80 Å². The van der Waals surface area contributed by atoms with Gasteiger partial charge in [-0.1, -0.05) is 18.2 Å². The lowest BCUT2D eigenvalue weighted by atomic mass is 9.96. The number of amides is 2. The summed E-state index contributed by atoms with van der Waals surface area (Å²) in [6.07, 6.45) is 1.13. The second-order valence-electron chi connectivity index (χ2n) is 5.77. The summed E-state index contributed by atoms with van der Waals surface area (Å²) in [5.41, 5.74) is 0.487. The summed E-state index contributed by atoms with van der Waals surface area (Å²) in [7, 11) is 1.66. The maximum atomic E-state index is 13.7. The lowest BCUT2D eigenvalue weighted by Gasteiger charge is -2.33. The van der Waals surface area contributed by atoms with Crippen molar-refractivity contribution in [2.45, 2.75) is 26.3 Å². The van der Waals surface area contributed by atoms with Crippen LogP contribution in [0.15, 0.2) is 24.3 Å². The minimum atomic E-state index is -0.373. The number of carbonyl (C=O) groups excluding carboxylic acids is 2. The second-order valence-corrected chi connectivity index (χ2v) is 5.77. The number of rotatable bonds is 4. The van der Waals surface area contributed by atoms with E-state index in [4.69, 9.17) is 4.74 Å². The van der Waals surface area contributed by atoms with E-state index >= 15 is 0 Å². The maximum absolute atomic E-state index is 13.7. The zero-order valence-electron chi connectivity index (χ0n) is 13.6. The fourth-order valence-electron chi connectivity index (χ4n) is 2.83. The van der Waals surface area contributed by atoms with Gasteiger partial charge in [-0.3, -0.25) is 4.79 Å². The van der Waals surface area contributed by atoms with Crippen LogP contribution < -0.4 is 0 Å². The molecule has 0 bridgehead atoms. The Bertz CT molecular complexity index is 565. The molecule has 1 aromatic carbocycles. The van der Waals surface area contributed by atoms with Crippen molar-refractivity contribution >= 4 is 12.0 Å². The number of likely N-dealkylation sites (tertiary alicyclic amines) is 1. The van der Waals surface area contributed by atoms with Gasteiger partial charge in [0.2, 0.25) is 5.91 Å². The van der Waals surface area contributed by atoms with Crippen molar-refractivity contribution < 1.29 is 18.7 Å². The maximum Gasteiger partial charge on any atom is 0.409 e. The standard InChI is InChI=1S/C17H23FN2O3/c1-3-23-17(22)20-10-6-8-14(12-20)16(21)19(2)11-13-7-4-5-9-15(13)18/h4-5,7,9,14H,3,6,8,10-12H2,1-2H3. The van der Waals surface area contributed by atoms with Gasteiger partial charge in [0.1, 0.15) is 5.82 Å². The molecule has 23 heavy (non-hydrogen) atoms. The van der Waals surface area contributed by atoms with Gasteiger partial charge >= 0.3 is 6.09 Å². The van der Waals surface area contributed by atoms with Gasteiger partial charge in [-0.25, -0.2) is 9.18 Å². The molecule has 0 aliphatic carbocycles. The predicted octanol–water partition coefficient (Wildman–Crippen LogP) is 2.65. The number of piperidine rings is 1. The first-order chi connectivity index (χ1) is 11.0. The van der Waals surface area contributed by atoms with E-state index in [1.54, 1.807) is 37.1 Å². The lowest BCUT2D eigenvalue weighted by molar-refractivity contribution is -0.136. The Morgan fingerprint density at radius 2 is 2.13 bits per heavy atom. The highest BCUT2D eigenvalue weighted by Gasteiger charge is 2.30. The van der Waals surface area contributed by atoms with Gasteiger partial charge in [-0.05, 0) is 25.8 Å². The highest BCUT2D eigenvalue weighted by molar-refractivity contribution is 5.80. The Morgan fingerprint density at radius 1 is 1.39 bits per heavy atom. The summed E-state index contributed by atoms with van der Waals surface area (Å²) in [5, 5.41) is 0. The number of hydrogen-bond acceptors (Lipinski definition) is 3. The monoisotopic (exact) mass is 322 g/mol. The smallest absolute Gasteiger partial charge is 0.409 e. The molecule has 2 amide bonds. The predicted molar refractivity (Wildman–Crippen MR) is 84.2 cm³/mol. The highest BCUT2D eigenvalue weighted by Crippen LogP contribution is 2.20. The molecule has 1 aliphatic rings. The largest absolute Gasteiger partial charge is 0.450 e. The van der Waals surface area contributed by atoms with Crippen LogP contribution >= 0.6 is 0 Å². The molecule has 0 saturated carbocycles. The number of ether oxygens (including phenoxy) is 1. The van der Waals surface area contributed by atoms with Crippen LogP contribution in [0, 0.1) is 11.7 Å². The van der Waals surface area contributed by atoms with Gasteiger partial charge < -0.3 is 14.5 Å². The summed E-state index contributed by atoms with van der Waals surface area (Å²) < 4.78 is 18.7. The summed E-state index contributed by atoms with van der Waals surface area (Å²) in [5.74, 6) is -0.642. The minimum Gasteiger partial charge on any atom is -0.450 e. The summed E-state index contributed by atoms with van der Waals surface area (Å²) >= 11 is 0. The highest BCUT2D eigenvalue weighted by atomic mass is 19.1. The molecule has 1 saturated heterocycles. The molecular weight excluding hydrogens is 299 g/mol. The number of halogens is 1. The molecule has 1 aliphatic heterocycles. The molecule has 0 aromatic heterocycles. The van der Waals surface area contributed by atoms with Crippen LogP contribution in [0.2, 0.25) is 0 Å². The lowest BCUT2D eigenvalue weighted by Crippen LogP contribution is -2.46. The van der Waals surface area contributed by atoms with Gasteiger partial charge in [0.25, 0.3) is 0 Å². The molecule has 2 rings (SSSR count). The van der Waals surface area contributed by atoms with Gasteiger partial charge in [0.05, 0.1) is 12.5 Å². The van der Waals surface area contributed by atoms with Crippen molar-refractivity contribution in [1.29, 1.82) is 0 Å². The minimum absolute atomic E-state index is 0.0674. The van der Waals surface area contributed by atoms with Crippen molar-refractivity contribution in [2.24, 2.45) is 5.92 Å². The average molecular weight is 322 g/mol. The zero-order chi connectivity index (χ0) is 16.8. The normalized spacial score (nSPS) is 17.7. The number of benzene rings is 1. The van der Waals surface area contributed by atoms with Crippen LogP contribution in [0.5, 0.6) is 0 Å². The summed E-state index contributed by atoms with van der Waals surface area (Å²) in [4.78, 5) is 27.5. The van der Waals surface area contributed by atoms with E-state index < -0.39 is 0 Å². The molecule has 6 heteroatoms. The third-order valence-corrected chi connectivity index (χ3v) is 4.04. The van der Waals surface area contributed by atoms with Gasteiger partial charge in [-0.2, -0.15) is 0 Å². The zero-order valence-corrected chi connectivity index (χ0v) is 13.6. The molecular formula is C17H23FN2O3. The first-order valence-electron chi connectivity index (χ1n) is 7.93. The Morgan fingerprint density at radius 3 is 2.83 bits per heavy atom. The van der Waals surface area contributed by atoms with Gasteiger partial charge in [-0.15, -0.1) is 0 Å². The molecule has 0 N–H and O–H groups in total. The van der Waals surface area contributed by atoms with E-state index in [-0.39, 0.29) is 30.3 Å². The van der Waals surface area contributed by atoms with Crippen molar-refractivity contribution in [3.63, 3.8) is 0 Å². The third-order valence-electron chi connectivity index (χ3n) is 4.04. The molecule has 1 fully saturated rings. The fraction of sp³-hybridized carbons (Fsp3) is 0.529. The quantitative estimate of drug-likeness (QED) is 0.856. The molecule has 0 radical (unpaired) electrons. The number of nitrogens with zero attached hydrogens (tertiary/aromatic N) is 2. The van der Waals surface area contributed by atoms with Crippen molar-refractivity contribution in [3.8, 4) is 0 Å². The van der Waals surface area contributed by atoms with Crippen LogP contribution in [0.1, 0.15) is 25.3 Å². The third kappa shape index (κ3) is 4.43. The second kappa shape index (κ2) is 7.94. The van der Waals surface area contributed by atoms with E-state index in [2.05, 4.69) is 0 Å². The Kier molecular flexibility index (Phi) is 5.96. The van der Waals surface area contributed by atoms with Crippen LogP contribution in [0.4, 0.5) is 9.18 Å². The Hall–Kier alpha value is -2.11. The topological polar surface area (TPSA) is 49.9 Å². The number of carbonyl (C=O) groups is 2. The van der Waals surface area contributed by atoms with Crippen LogP contribution in [-0.4, -0.2) is 48.5 Å². The molecule has 1 unspecified atom stereocenters. The average Bonchev–Trinajstić information content (AvgIpc) is 2.56. The van der Waals surface area contributed by atoms with E-state index in [1.165, 1.54) is 11.0 Å². The van der Waals surface area contributed by atoms with Crippen LogP contribution in [0.3, 0.4) is 0 Å². The van der Waals surface area contributed by atoms with E-state index in [9.17, 15) is 14.0 Å². The molecule has 5 nitrogen and oxygen atoms in total. The summed E-state index contributed by atoms with van der Waals surface area (Å²) in [6.45, 7) is 3.27. The van der Waals surface area contributed by atoms with Gasteiger partial charge in [0.15, 0.2) is 0 Å². The summed E-state index contributed by atoms with van der Waals surface area (Å²) in [6, 6.07) is 6.43. The van der Waals surface area contributed by atoms with Crippen LogP contribution in [0.25, 0.3) is 0 Å². The SMILES string of the molecule is CCOC(=O)N1CCCC(C(=O)N(C)Cc2ccccc2F)C1. The number of hydrogen-bond donors (Lipinski definition) is 0. The van der Waals surface area contributed by atoms with E-state index in [1.807, 2.05) is 0 Å². The van der Waals surface area contributed by atoms with Crippen LogP contribution in [-0.2, 0) is 16.1 Å². The molecule has 1 aromatic rings. The van der Waals surface area contributed by atoms with Crippen molar-refractivity contribution in [2.75, 3.05) is 26.7 Å². The van der Waals surface area contributed by atoms with E-state index in [0.29, 0.717) is 25.3 Å². The fourth-order valence-corrected chi connectivity index (χ4v) is 2.83. The molecule has 0 spiro atoms. The van der Waals surface area contributed by atoms with Gasteiger partial charge in [0, 0.05) is 32.2 Å². The Balaban J connectivity index is 1.96. The van der Waals surface area contributed by atoms with E-state index in [0.717, 1.165) is 12.8 Å². The molecule has 1 heterocycles. The molecule has 126 valence electrons. The first kappa shape index (κ1) is 17.2. The Labute approximate surface area is 136 Å². The molecule has 1 atom stereocenters. The van der Waals surface area contributed by atoms with Crippen molar-refractivity contribution in [3.05, 3.63) is 35.6 Å².